The molecule has 0 spiro atoms. The van der Waals surface area contributed by atoms with E-state index in [1.54, 1.807) is 38.1 Å². The van der Waals surface area contributed by atoms with E-state index >= 15 is 0 Å². The highest BCUT2D eigenvalue weighted by molar-refractivity contribution is 7.88. The molecule has 0 aliphatic carbocycles. The van der Waals surface area contributed by atoms with E-state index in [0.717, 1.165) is 10.6 Å². The first kappa shape index (κ1) is 16.9. The van der Waals surface area contributed by atoms with Crippen LogP contribution in [0.25, 0.3) is 0 Å². The smallest absolute Gasteiger partial charge is 0.322 e. The Bertz CT molecular complexity index is 586. The summed E-state index contributed by atoms with van der Waals surface area (Å²) in [6, 6.07) is 5.66. The summed E-state index contributed by atoms with van der Waals surface area (Å²) in [6.07, 6.45) is 1.00. The van der Waals surface area contributed by atoms with Crippen molar-refractivity contribution in [1.82, 2.24) is 4.31 Å². The molecular weight excluding hydrogens is 302 g/mol. The molecule has 1 atom stereocenters. The lowest BCUT2D eigenvalue weighted by Crippen LogP contribution is -2.47. The van der Waals surface area contributed by atoms with Crippen molar-refractivity contribution in [2.45, 2.75) is 26.4 Å². The quantitative estimate of drug-likeness (QED) is 0.872. The van der Waals surface area contributed by atoms with Crippen molar-refractivity contribution in [3.05, 3.63) is 34.9 Å². The monoisotopic (exact) mass is 319 g/mol. The van der Waals surface area contributed by atoms with Crippen molar-refractivity contribution in [3.8, 4) is 0 Å². The number of carbonyl (C=O) groups is 1. The summed E-state index contributed by atoms with van der Waals surface area (Å²) in [5.74, 6) is -1.53. The van der Waals surface area contributed by atoms with E-state index in [9.17, 15) is 18.3 Å². The van der Waals surface area contributed by atoms with Crippen molar-refractivity contribution in [2.75, 3.05) is 6.26 Å². The summed E-state index contributed by atoms with van der Waals surface area (Å²) < 4.78 is 24.8. The Morgan fingerprint density at radius 1 is 1.35 bits per heavy atom. The van der Waals surface area contributed by atoms with E-state index in [2.05, 4.69) is 0 Å². The van der Waals surface area contributed by atoms with E-state index in [1.807, 2.05) is 0 Å². The molecule has 0 aliphatic heterocycles. The molecular formula is C13H18ClNO4S. The second-order valence-electron chi connectivity index (χ2n) is 4.93. The van der Waals surface area contributed by atoms with Gasteiger partial charge in [0, 0.05) is 11.6 Å². The zero-order valence-electron chi connectivity index (χ0n) is 11.6. The molecule has 5 nitrogen and oxygen atoms in total. The third kappa shape index (κ3) is 4.19. The Morgan fingerprint density at radius 2 is 1.90 bits per heavy atom. The maximum Gasteiger partial charge on any atom is 0.322 e. The van der Waals surface area contributed by atoms with Crippen molar-refractivity contribution in [1.29, 1.82) is 0 Å². The predicted molar refractivity (Wildman–Crippen MR) is 78.1 cm³/mol. The molecule has 1 aromatic rings. The third-order valence-electron chi connectivity index (χ3n) is 2.90. The van der Waals surface area contributed by atoms with Gasteiger partial charge in [-0.15, -0.1) is 0 Å². The van der Waals surface area contributed by atoms with E-state index in [4.69, 9.17) is 11.6 Å². The summed E-state index contributed by atoms with van der Waals surface area (Å²) in [5.41, 5.74) is 0.575. The molecule has 1 N–H and O–H groups in total. The van der Waals surface area contributed by atoms with Gasteiger partial charge >= 0.3 is 5.97 Å². The average molecular weight is 320 g/mol. The van der Waals surface area contributed by atoms with E-state index in [0.29, 0.717) is 10.6 Å². The molecule has 0 saturated carbocycles. The fourth-order valence-electron chi connectivity index (χ4n) is 1.96. The third-order valence-corrected chi connectivity index (χ3v) is 4.48. The molecule has 0 aromatic heterocycles. The normalized spacial score (nSPS) is 13.7. The first-order valence-corrected chi connectivity index (χ1v) is 8.30. The van der Waals surface area contributed by atoms with Gasteiger partial charge in [-0.2, -0.15) is 4.31 Å². The fraction of sp³-hybridized carbons (Fsp3) is 0.462. The highest BCUT2D eigenvalue weighted by Crippen LogP contribution is 2.22. The van der Waals surface area contributed by atoms with Gasteiger partial charge in [0.25, 0.3) is 0 Å². The summed E-state index contributed by atoms with van der Waals surface area (Å²) in [4.78, 5) is 11.4. The van der Waals surface area contributed by atoms with Gasteiger partial charge in [0.1, 0.15) is 6.04 Å². The molecule has 0 heterocycles. The number of carboxylic acid groups (broad SMARTS) is 1. The highest BCUT2D eigenvalue weighted by atomic mass is 35.5. The van der Waals surface area contributed by atoms with Crippen LogP contribution in [0.2, 0.25) is 5.02 Å². The van der Waals surface area contributed by atoms with E-state index in [1.165, 1.54) is 0 Å². The number of rotatable bonds is 6. The van der Waals surface area contributed by atoms with Gasteiger partial charge in [0.15, 0.2) is 0 Å². The second kappa shape index (κ2) is 6.56. The van der Waals surface area contributed by atoms with Crippen LogP contribution in [0.4, 0.5) is 0 Å². The van der Waals surface area contributed by atoms with Gasteiger partial charge in [0.2, 0.25) is 10.0 Å². The highest BCUT2D eigenvalue weighted by Gasteiger charge is 2.35. The van der Waals surface area contributed by atoms with Gasteiger partial charge in [0.05, 0.1) is 6.26 Å². The van der Waals surface area contributed by atoms with Crippen molar-refractivity contribution < 1.29 is 18.3 Å². The molecule has 7 heteroatoms. The van der Waals surface area contributed by atoms with Crippen LogP contribution in [0.1, 0.15) is 19.4 Å². The molecule has 0 fully saturated rings. The Hall–Kier alpha value is -1.11. The SMILES string of the molecule is CC(C)C(C(=O)O)N(Cc1ccccc1Cl)S(C)(=O)=O. The maximum atomic E-state index is 11.9. The van der Waals surface area contributed by atoms with Gasteiger partial charge in [-0.3, -0.25) is 4.79 Å². The van der Waals surface area contributed by atoms with Crippen LogP contribution in [0, 0.1) is 5.92 Å². The minimum atomic E-state index is -3.68. The van der Waals surface area contributed by atoms with Crippen molar-refractivity contribution in [3.63, 3.8) is 0 Å². The largest absolute Gasteiger partial charge is 0.480 e. The maximum absolute atomic E-state index is 11.9. The molecule has 0 amide bonds. The number of hydrogen-bond donors (Lipinski definition) is 1. The molecule has 1 aromatic carbocycles. The Morgan fingerprint density at radius 3 is 2.30 bits per heavy atom. The summed E-state index contributed by atoms with van der Waals surface area (Å²) in [7, 11) is -3.68. The van der Waals surface area contributed by atoms with Crippen LogP contribution < -0.4 is 0 Å². The van der Waals surface area contributed by atoms with Crippen LogP contribution in [0.5, 0.6) is 0 Å². The average Bonchev–Trinajstić information content (AvgIpc) is 2.28. The van der Waals surface area contributed by atoms with Crippen LogP contribution in [0.3, 0.4) is 0 Å². The lowest BCUT2D eigenvalue weighted by molar-refractivity contribution is -0.143. The standard InChI is InChI=1S/C13H18ClNO4S/c1-9(2)12(13(16)17)15(20(3,18)19)8-10-6-4-5-7-11(10)14/h4-7,9,12H,8H2,1-3H3,(H,16,17). The molecule has 0 radical (unpaired) electrons. The van der Waals surface area contributed by atoms with Crippen LogP contribution in [-0.2, 0) is 21.4 Å². The first-order chi connectivity index (χ1) is 9.14. The van der Waals surface area contributed by atoms with Crippen LogP contribution in [0.15, 0.2) is 24.3 Å². The predicted octanol–water partition coefficient (Wildman–Crippen LogP) is 2.21. The lowest BCUT2D eigenvalue weighted by atomic mass is 10.0. The molecule has 0 aliphatic rings. The molecule has 0 bridgehead atoms. The number of halogens is 1. The first-order valence-electron chi connectivity index (χ1n) is 6.07. The number of sulfonamides is 1. The Labute approximate surface area is 124 Å². The number of carboxylic acids is 1. The second-order valence-corrected chi connectivity index (χ2v) is 7.27. The zero-order valence-corrected chi connectivity index (χ0v) is 13.1. The number of aliphatic carboxylic acids is 1. The minimum Gasteiger partial charge on any atom is -0.480 e. The molecule has 1 rings (SSSR count). The summed E-state index contributed by atoms with van der Waals surface area (Å²) in [6.45, 7) is 3.28. The van der Waals surface area contributed by atoms with E-state index < -0.39 is 22.0 Å². The van der Waals surface area contributed by atoms with Crippen molar-refractivity contribution >= 4 is 27.6 Å². The van der Waals surface area contributed by atoms with Gasteiger partial charge < -0.3 is 5.11 Å². The molecule has 1 unspecified atom stereocenters. The molecule has 0 saturated heterocycles. The summed E-state index contributed by atoms with van der Waals surface area (Å²) in [5, 5.41) is 9.70. The number of hydrogen-bond acceptors (Lipinski definition) is 3. The Kier molecular flexibility index (Phi) is 5.56. The molecule has 112 valence electrons. The minimum absolute atomic E-state index is 0.0619. The van der Waals surface area contributed by atoms with E-state index in [-0.39, 0.29) is 12.5 Å². The van der Waals surface area contributed by atoms with Crippen LogP contribution in [-0.4, -0.2) is 36.1 Å². The zero-order chi connectivity index (χ0) is 15.5. The van der Waals surface area contributed by atoms with Crippen molar-refractivity contribution in [2.24, 2.45) is 5.92 Å². The molecule has 20 heavy (non-hydrogen) atoms. The van der Waals surface area contributed by atoms with Gasteiger partial charge in [-0.1, -0.05) is 43.6 Å². The number of nitrogens with zero attached hydrogens (tertiary/aromatic N) is 1. The van der Waals surface area contributed by atoms with Gasteiger partial charge in [-0.05, 0) is 17.5 Å². The van der Waals surface area contributed by atoms with Gasteiger partial charge in [-0.25, -0.2) is 8.42 Å². The van der Waals surface area contributed by atoms with Crippen LogP contribution >= 0.6 is 11.6 Å². The summed E-state index contributed by atoms with van der Waals surface area (Å²) >= 11 is 6.01. The number of benzene rings is 1. The fourth-order valence-corrected chi connectivity index (χ4v) is 3.27. The lowest BCUT2D eigenvalue weighted by Gasteiger charge is -2.29. The topological polar surface area (TPSA) is 74.7 Å². The Balaban J connectivity index is 3.21.